The first-order valence-electron chi connectivity index (χ1n) is 3.63. The number of alkyl halides is 1. The molecule has 1 rings (SSSR count). The molecule has 0 radical (unpaired) electrons. The summed E-state index contributed by atoms with van der Waals surface area (Å²) in [6, 6.07) is 4.28. The molecule has 14 heavy (non-hydrogen) atoms. The number of nitro groups is 1. The molecule has 0 aliphatic rings. The number of carboxylic acid groups (broad SMARTS) is 1. The number of hydrogen-bond donors (Lipinski definition) is 1. The van der Waals surface area contributed by atoms with E-state index in [2.05, 4.69) is 0 Å². The fourth-order valence-electron chi connectivity index (χ4n) is 0.908. The monoisotopic (exact) mass is 199 g/mol. The van der Waals surface area contributed by atoms with Crippen molar-refractivity contribution in [2.24, 2.45) is 0 Å². The van der Waals surface area contributed by atoms with Crippen molar-refractivity contribution in [1.82, 2.24) is 0 Å². The van der Waals surface area contributed by atoms with Gasteiger partial charge in [0.05, 0.1) is 4.92 Å². The average molecular weight is 199 g/mol. The van der Waals surface area contributed by atoms with Gasteiger partial charge in [0.15, 0.2) is 0 Å². The summed E-state index contributed by atoms with van der Waals surface area (Å²) >= 11 is 0. The van der Waals surface area contributed by atoms with Crippen LogP contribution in [-0.2, 0) is 4.79 Å². The molecule has 1 N–H and O–H groups in total. The van der Waals surface area contributed by atoms with Crippen molar-refractivity contribution < 1.29 is 19.2 Å². The summed E-state index contributed by atoms with van der Waals surface area (Å²) in [6.07, 6.45) is -2.14. The third-order valence-corrected chi connectivity index (χ3v) is 1.61. The molecule has 1 aromatic carbocycles. The van der Waals surface area contributed by atoms with E-state index in [4.69, 9.17) is 5.11 Å². The molecule has 0 spiro atoms. The fraction of sp³-hybridized carbons (Fsp3) is 0.125. The maximum atomic E-state index is 12.8. The Morgan fingerprint density at radius 1 is 1.43 bits per heavy atom. The van der Waals surface area contributed by atoms with Gasteiger partial charge in [0.25, 0.3) is 5.69 Å². The molecular weight excluding hydrogens is 193 g/mol. The second-order valence-electron chi connectivity index (χ2n) is 2.55. The average Bonchev–Trinajstić information content (AvgIpc) is 2.16. The smallest absolute Gasteiger partial charge is 0.343 e. The number of rotatable bonds is 3. The minimum Gasteiger partial charge on any atom is -0.479 e. The first-order valence-corrected chi connectivity index (χ1v) is 3.63. The Morgan fingerprint density at radius 3 is 2.29 bits per heavy atom. The molecule has 0 heterocycles. The van der Waals surface area contributed by atoms with Crippen molar-refractivity contribution in [3.05, 3.63) is 39.9 Å². The molecule has 0 aliphatic carbocycles. The van der Waals surface area contributed by atoms with Crippen molar-refractivity contribution in [2.75, 3.05) is 0 Å². The number of halogens is 1. The third-order valence-electron chi connectivity index (χ3n) is 1.61. The molecule has 0 saturated heterocycles. The van der Waals surface area contributed by atoms with Crippen LogP contribution in [0.1, 0.15) is 11.7 Å². The van der Waals surface area contributed by atoms with E-state index in [0.717, 1.165) is 24.3 Å². The molecule has 0 amide bonds. The molecule has 5 nitrogen and oxygen atoms in total. The number of hydrogen-bond acceptors (Lipinski definition) is 3. The number of carboxylic acids is 1. The summed E-state index contributed by atoms with van der Waals surface area (Å²) in [6.45, 7) is 0. The quantitative estimate of drug-likeness (QED) is 0.593. The van der Waals surface area contributed by atoms with E-state index in [1.807, 2.05) is 0 Å². The summed E-state index contributed by atoms with van der Waals surface area (Å²) in [4.78, 5) is 19.8. The van der Waals surface area contributed by atoms with Gasteiger partial charge in [-0.05, 0) is 17.7 Å². The molecule has 0 aromatic heterocycles. The van der Waals surface area contributed by atoms with Crippen LogP contribution in [-0.4, -0.2) is 16.0 Å². The first-order chi connectivity index (χ1) is 6.52. The highest BCUT2D eigenvalue weighted by atomic mass is 19.1. The molecule has 1 aromatic rings. The first kappa shape index (κ1) is 10.1. The van der Waals surface area contributed by atoms with Gasteiger partial charge in [-0.3, -0.25) is 10.1 Å². The van der Waals surface area contributed by atoms with E-state index >= 15 is 0 Å². The van der Waals surface area contributed by atoms with Gasteiger partial charge >= 0.3 is 5.97 Å². The highest BCUT2D eigenvalue weighted by Crippen LogP contribution is 2.20. The highest BCUT2D eigenvalue weighted by molar-refractivity contribution is 5.74. The molecule has 74 valence electrons. The number of aliphatic carboxylic acids is 1. The van der Waals surface area contributed by atoms with Crippen molar-refractivity contribution in [3.8, 4) is 0 Å². The van der Waals surface area contributed by atoms with Gasteiger partial charge in [-0.2, -0.15) is 0 Å². The van der Waals surface area contributed by atoms with Crippen LogP contribution in [0, 0.1) is 10.1 Å². The van der Waals surface area contributed by atoms with E-state index in [-0.39, 0.29) is 11.3 Å². The van der Waals surface area contributed by atoms with E-state index in [1.165, 1.54) is 0 Å². The van der Waals surface area contributed by atoms with Gasteiger partial charge in [0.1, 0.15) is 0 Å². The van der Waals surface area contributed by atoms with Crippen LogP contribution in [0.2, 0.25) is 0 Å². The summed E-state index contributed by atoms with van der Waals surface area (Å²) in [7, 11) is 0. The molecule has 0 fully saturated rings. The SMILES string of the molecule is O=C(O)C(F)c1ccc([N+](=O)[O-])cc1. The van der Waals surface area contributed by atoms with Crippen LogP contribution in [0.25, 0.3) is 0 Å². The van der Waals surface area contributed by atoms with Crippen molar-refractivity contribution in [1.29, 1.82) is 0 Å². The minimum absolute atomic E-state index is 0.108. The Bertz CT molecular complexity index is 362. The van der Waals surface area contributed by atoms with E-state index in [9.17, 15) is 19.3 Å². The Morgan fingerprint density at radius 2 is 1.93 bits per heavy atom. The molecule has 6 heteroatoms. The Kier molecular flexibility index (Phi) is 2.76. The second-order valence-corrected chi connectivity index (χ2v) is 2.55. The number of benzene rings is 1. The zero-order chi connectivity index (χ0) is 10.7. The van der Waals surface area contributed by atoms with Crippen LogP contribution in [0.3, 0.4) is 0 Å². The van der Waals surface area contributed by atoms with E-state index < -0.39 is 17.1 Å². The lowest BCUT2D eigenvalue weighted by Gasteiger charge is -2.01. The summed E-state index contributed by atoms with van der Waals surface area (Å²) in [5.41, 5.74) is -0.311. The number of nitro benzene ring substituents is 1. The van der Waals surface area contributed by atoms with Crippen LogP contribution in [0.15, 0.2) is 24.3 Å². The maximum Gasteiger partial charge on any atom is 0.343 e. The van der Waals surface area contributed by atoms with Gasteiger partial charge in [0, 0.05) is 12.1 Å². The lowest BCUT2D eigenvalue weighted by atomic mass is 10.1. The lowest BCUT2D eigenvalue weighted by Crippen LogP contribution is -2.05. The Labute approximate surface area is 77.9 Å². The van der Waals surface area contributed by atoms with E-state index in [0.29, 0.717) is 0 Å². The molecule has 0 saturated carbocycles. The Balaban J connectivity index is 2.94. The lowest BCUT2D eigenvalue weighted by molar-refractivity contribution is -0.384. The second kappa shape index (κ2) is 3.82. The number of non-ortho nitro benzene ring substituents is 1. The van der Waals surface area contributed by atoms with E-state index in [1.54, 1.807) is 0 Å². The molecule has 1 unspecified atom stereocenters. The largest absolute Gasteiger partial charge is 0.479 e. The van der Waals surface area contributed by atoms with Crippen LogP contribution in [0.5, 0.6) is 0 Å². The van der Waals surface area contributed by atoms with Gasteiger partial charge < -0.3 is 5.11 Å². The topological polar surface area (TPSA) is 80.4 Å². The Hall–Kier alpha value is -1.98. The number of carbonyl (C=O) groups is 1. The van der Waals surface area contributed by atoms with Crippen molar-refractivity contribution >= 4 is 11.7 Å². The number of nitrogens with zero attached hydrogens (tertiary/aromatic N) is 1. The van der Waals surface area contributed by atoms with Crippen LogP contribution >= 0.6 is 0 Å². The van der Waals surface area contributed by atoms with Crippen LogP contribution < -0.4 is 0 Å². The highest BCUT2D eigenvalue weighted by Gasteiger charge is 2.18. The molecule has 0 aliphatic heterocycles. The maximum absolute atomic E-state index is 12.8. The zero-order valence-corrected chi connectivity index (χ0v) is 6.88. The molecule has 0 bridgehead atoms. The summed E-state index contributed by atoms with van der Waals surface area (Å²) in [5, 5.41) is 18.5. The molecular formula is C8H6FNO4. The third kappa shape index (κ3) is 2.03. The summed E-state index contributed by atoms with van der Waals surface area (Å²) in [5.74, 6) is -1.61. The van der Waals surface area contributed by atoms with Crippen LogP contribution in [0.4, 0.5) is 10.1 Å². The predicted molar refractivity (Wildman–Crippen MR) is 44.6 cm³/mol. The van der Waals surface area contributed by atoms with Crippen molar-refractivity contribution in [3.63, 3.8) is 0 Å². The standard InChI is InChI=1S/C8H6FNO4/c9-7(8(11)12)5-1-3-6(4-2-5)10(13)14/h1-4,7H,(H,11,12). The zero-order valence-electron chi connectivity index (χ0n) is 6.88. The minimum atomic E-state index is -2.14. The van der Waals surface area contributed by atoms with Gasteiger partial charge in [0.2, 0.25) is 6.17 Å². The normalized spacial score (nSPS) is 12.1. The van der Waals surface area contributed by atoms with Gasteiger partial charge in [-0.1, -0.05) is 0 Å². The van der Waals surface area contributed by atoms with Gasteiger partial charge in [-0.25, -0.2) is 9.18 Å². The molecule has 1 atom stereocenters. The predicted octanol–water partition coefficient (Wildman–Crippen LogP) is 1.69. The van der Waals surface area contributed by atoms with Gasteiger partial charge in [-0.15, -0.1) is 0 Å². The fourth-order valence-corrected chi connectivity index (χ4v) is 0.908. The van der Waals surface area contributed by atoms with Crippen molar-refractivity contribution in [2.45, 2.75) is 6.17 Å². The summed E-state index contributed by atoms with van der Waals surface area (Å²) < 4.78 is 12.8.